The molecule has 0 radical (unpaired) electrons. The van der Waals surface area contributed by atoms with Gasteiger partial charge in [-0.1, -0.05) is 0 Å². The number of carbonyl (C=O) groups is 2. The van der Waals surface area contributed by atoms with Crippen LogP contribution in [0.1, 0.15) is 22.7 Å². The second kappa shape index (κ2) is 9.24. The molecule has 2 saturated heterocycles. The van der Waals surface area contributed by atoms with Gasteiger partial charge in [-0.25, -0.2) is 9.78 Å². The number of amides is 1. The first kappa shape index (κ1) is 21.8. The third-order valence-electron chi connectivity index (χ3n) is 5.15. The van der Waals surface area contributed by atoms with Gasteiger partial charge in [-0.05, 0) is 30.4 Å². The van der Waals surface area contributed by atoms with E-state index in [1.54, 1.807) is 24.9 Å². The van der Waals surface area contributed by atoms with E-state index in [4.69, 9.17) is 14.3 Å². The predicted molar refractivity (Wildman–Crippen MR) is 97.2 cm³/mol. The van der Waals surface area contributed by atoms with Crippen LogP contribution in [0, 0.1) is 11.8 Å². The highest BCUT2D eigenvalue weighted by molar-refractivity contribution is 5.92. The van der Waals surface area contributed by atoms with Gasteiger partial charge < -0.3 is 14.4 Å². The average Bonchev–Trinajstić information content (AvgIpc) is 3.36. The van der Waals surface area contributed by atoms with Gasteiger partial charge >= 0.3 is 12.1 Å². The van der Waals surface area contributed by atoms with Crippen molar-refractivity contribution in [2.45, 2.75) is 19.1 Å². The van der Waals surface area contributed by atoms with E-state index in [1.807, 2.05) is 17.0 Å². The minimum absolute atomic E-state index is 0.000958. The summed E-state index contributed by atoms with van der Waals surface area (Å²) >= 11 is 0. The molecule has 4 rings (SSSR count). The molecule has 0 unspecified atom stereocenters. The van der Waals surface area contributed by atoms with E-state index in [9.17, 15) is 18.0 Å². The van der Waals surface area contributed by atoms with Crippen molar-refractivity contribution in [3.8, 4) is 0 Å². The Kier molecular flexibility index (Phi) is 6.70. The number of carbonyl (C=O) groups excluding carboxylic acids is 1. The van der Waals surface area contributed by atoms with Gasteiger partial charge in [0.25, 0.3) is 5.91 Å². The number of nitrogens with zero attached hydrogens (tertiary/aromatic N) is 4. The first-order valence-electron chi connectivity index (χ1n) is 9.34. The molecule has 30 heavy (non-hydrogen) atoms. The number of hydrogen-bond donors (Lipinski definition) is 1. The Bertz CT molecular complexity index is 845. The molecule has 11 heteroatoms. The fraction of sp³-hybridized carbons (Fsp3) is 0.474. The zero-order valence-electron chi connectivity index (χ0n) is 16.0. The van der Waals surface area contributed by atoms with E-state index in [1.165, 1.54) is 0 Å². The lowest BCUT2D eigenvalue weighted by molar-refractivity contribution is -0.192. The number of fused-ring (bicyclic) bond motifs is 1. The van der Waals surface area contributed by atoms with E-state index >= 15 is 0 Å². The van der Waals surface area contributed by atoms with Crippen molar-refractivity contribution in [2.24, 2.45) is 11.8 Å². The zero-order valence-corrected chi connectivity index (χ0v) is 16.0. The monoisotopic (exact) mass is 426 g/mol. The van der Waals surface area contributed by atoms with Crippen LogP contribution in [0.4, 0.5) is 13.2 Å². The predicted octanol–water partition coefficient (Wildman–Crippen LogP) is 2.30. The molecule has 8 nitrogen and oxygen atoms in total. The zero-order chi connectivity index (χ0) is 21.7. The summed E-state index contributed by atoms with van der Waals surface area (Å²) in [5.74, 6) is -0.528. The van der Waals surface area contributed by atoms with E-state index in [-0.39, 0.29) is 5.91 Å². The lowest BCUT2D eigenvalue weighted by atomic mass is 9.88. The molecule has 2 aliphatic heterocycles. The van der Waals surface area contributed by atoms with Crippen molar-refractivity contribution in [2.75, 3.05) is 26.2 Å². The lowest BCUT2D eigenvalue weighted by Gasteiger charge is -2.34. The Morgan fingerprint density at radius 1 is 1.20 bits per heavy atom. The van der Waals surface area contributed by atoms with Crippen molar-refractivity contribution in [3.63, 3.8) is 0 Å². The van der Waals surface area contributed by atoms with E-state index in [2.05, 4.69) is 14.9 Å². The van der Waals surface area contributed by atoms with Crippen LogP contribution in [-0.2, 0) is 11.3 Å². The smallest absolute Gasteiger partial charge is 0.475 e. The fourth-order valence-electron chi connectivity index (χ4n) is 3.77. The number of piperidine rings is 1. The van der Waals surface area contributed by atoms with Crippen LogP contribution in [-0.4, -0.2) is 69.1 Å². The van der Waals surface area contributed by atoms with Crippen LogP contribution in [0.3, 0.4) is 0 Å². The number of rotatable bonds is 3. The number of aliphatic carboxylic acids is 1. The summed E-state index contributed by atoms with van der Waals surface area (Å²) in [6.07, 6.45) is 2.41. The molecular formula is C19H21F3N4O4. The van der Waals surface area contributed by atoms with Gasteiger partial charge in [0.1, 0.15) is 11.5 Å². The van der Waals surface area contributed by atoms with Crippen LogP contribution < -0.4 is 0 Å². The summed E-state index contributed by atoms with van der Waals surface area (Å²) in [6, 6.07) is 3.95. The standard InChI is InChI=1S/C17H20N4O2.C2HF3O2/c22-17(16-8-18-4-5-19-16)21-6-3-13-9-20(10-14(13)11-21)12-15-2-1-7-23-15;3-2(4,5)1(6)7/h1-2,4-5,7-8,13-14H,3,6,9-12H2;(H,6,7)/t13-,14-;/m1./s1. The largest absolute Gasteiger partial charge is 0.490 e. The molecule has 0 aromatic carbocycles. The summed E-state index contributed by atoms with van der Waals surface area (Å²) in [7, 11) is 0. The fourth-order valence-corrected chi connectivity index (χ4v) is 3.77. The highest BCUT2D eigenvalue weighted by Crippen LogP contribution is 2.32. The highest BCUT2D eigenvalue weighted by atomic mass is 19.4. The molecule has 2 fully saturated rings. The van der Waals surface area contributed by atoms with E-state index < -0.39 is 12.1 Å². The normalized spacial score (nSPS) is 21.5. The maximum atomic E-state index is 12.5. The van der Waals surface area contributed by atoms with Gasteiger partial charge in [-0.2, -0.15) is 13.2 Å². The Morgan fingerprint density at radius 2 is 1.93 bits per heavy atom. The van der Waals surface area contributed by atoms with Gasteiger partial charge in [0.05, 0.1) is 19.0 Å². The van der Waals surface area contributed by atoms with Crippen molar-refractivity contribution in [3.05, 3.63) is 48.4 Å². The molecule has 1 amide bonds. The second-order valence-electron chi connectivity index (χ2n) is 7.23. The number of carboxylic acids is 1. The van der Waals surface area contributed by atoms with E-state index in [0.29, 0.717) is 17.5 Å². The summed E-state index contributed by atoms with van der Waals surface area (Å²) in [5.41, 5.74) is 0.441. The minimum atomic E-state index is -5.08. The van der Waals surface area contributed by atoms with Gasteiger partial charge in [-0.3, -0.25) is 14.7 Å². The minimum Gasteiger partial charge on any atom is -0.475 e. The average molecular weight is 426 g/mol. The van der Waals surface area contributed by atoms with Crippen molar-refractivity contribution in [1.29, 1.82) is 0 Å². The number of hydrogen-bond acceptors (Lipinski definition) is 6. The van der Waals surface area contributed by atoms with Crippen LogP contribution in [0.25, 0.3) is 0 Å². The summed E-state index contributed by atoms with van der Waals surface area (Å²) in [5, 5.41) is 7.12. The molecule has 1 N–H and O–H groups in total. The number of aromatic nitrogens is 2. The van der Waals surface area contributed by atoms with Crippen molar-refractivity contribution < 1.29 is 32.3 Å². The van der Waals surface area contributed by atoms with Gasteiger partial charge in [0.15, 0.2) is 0 Å². The SMILES string of the molecule is O=C(O)C(F)(F)F.O=C(c1cnccn1)N1CC[C@@H]2CN(Cc3ccco3)C[C@@H]2C1. The maximum absolute atomic E-state index is 12.5. The molecule has 2 aromatic rings. The molecule has 162 valence electrons. The number of likely N-dealkylation sites (tertiary alicyclic amines) is 2. The molecule has 4 heterocycles. The Labute approximate surface area is 170 Å². The molecule has 2 aromatic heterocycles. The Hall–Kier alpha value is -2.95. The Balaban J connectivity index is 0.000000318. The van der Waals surface area contributed by atoms with Gasteiger partial charge in [0, 0.05) is 38.6 Å². The molecule has 0 saturated carbocycles. The highest BCUT2D eigenvalue weighted by Gasteiger charge is 2.39. The third-order valence-corrected chi connectivity index (χ3v) is 5.15. The molecule has 2 aliphatic rings. The molecular weight excluding hydrogens is 405 g/mol. The van der Waals surface area contributed by atoms with E-state index in [0.717, 1.165) is 44.9 Å². The van der Waals surface area contributed by atoms with Gasteiger partial charge in [0.2, 0.25) is 0 Å². The lowest BCUT2D eigenvalue weighted by Crippen LogP contribution is -2.43. The quantitative estimate of drug-likeness (QED) is 0.804. The Morgan fingerprint density at radius 3 is 2.53 bits per heavy atom. The van der Waals surface area contributed by atoms with Crippen LogP contribution in [0.5, 0.6) is 0 Å². The number of furan rings is 1. The first-order valence-corrected chi connectivity index (χ1v) is 9.34. The summed E-state index contributed by atoms with van der Waals surface area (Å²) in [6.45, 7) is 4.60. The molecule has 0 aliphatic carbocycles. The van der Waals surface area contributed by atoms with Crippen molar-refractivity contribution in [1.82, 2.24) is 19.8 Å². The summed E-state index contributed by atoms with van der Waals surface area (Å²) < 4.78 is 37.2. The van der Waals surface area contributed by atoms with Crippen molar-refractivity contribution >= 4 is 11.9 Å². The maximum Gasteiger partial charge on any atom is 0.490 e. The van der Waals surface area contributed by atoms with Crippen LogP contribution >= 0.6 is 0 Å². The second-order valence-corrected chi connectivity index (χ2v) is 7.23. The molecule has 2 atom stereocenters. The van der Waals surface area contributed by atoms with Gasteiger partial charge in [-0.15, -0.1) is 0 Å². The number of alkyl halides is 3. The first-order chi connectivity index (χ1) is 14.2. The van der Waals surface area contributed by atoms with Crippen LogP contribution in [0.2, 0.25) is 0 Å². The number of carboxylic acid groups (broad SMARTS) is 1. The topological polar surface area (TPSA) is 99.8 Å². The summed E-state index contributed by atoms with van der Waals surface area (Å²) in [4.78, 5) is 33.9. The number of halogens is 3. The molecule has 0 spiro atoms. The van der Waals surface area contributed by atoms with Crippen LogP contribution in [0.15, 0.2) is 41.4 Å². The third kappa shape index (κ3) is 5.56. The molecule has 0 bridgehead atoms.